The summed E-state index contributed by atoms with van der Waals surface area (Å²) in [5, 5.41) is 19.1. The lowest BCUT2D eigenvalue weighted by Crippen LogP contribution is -2.64. The molecule has 3 fully saturated rings. The first-order valence-electron chi connectivity index (χ1n) is 15.0. The third-order valence-electron chi connectivity index (χ3n) is 10.7. The van der Waals surface area contributed by atoms with Crippen LogP contribution in [0.4, 0.5) is 0 Å². The fourth-order valence-electron chi connectivity index (χ4n) is 8.62. The van der Waals surface area contributed by atoms with Crippen molar-refractivity contribution >= 4 is 17.5 Å². The van der Waals surface area contributed by atoms with E-state index >= 15 is 0 Å². The van der Waals surface area contributed by atoms with E-state index in [1.807, 2.05) is 12.1 Å². The van der Waals surface area contributed by atoms with E-state index in [0.29, 0.717) is 11.8 Å². The highest BCUT2D eigenvalue weighted by Crippen LogP contribution is 2.67. The highest BCUT2D eigenvalue weighted by Gasteiger charge is 2.66. The highest BCUT2D eigenvalue weighted by atomic mass is 16.3. The number of aryl methyl sites for hydroxylation is 1. The number of primary amides is 1. The van der Waals surface area contributed by atoms with Crippen LogP contribution in [0.3, 0.4) is 0 Å². The number of fused-ring (bicyclic) bond motifs is 1. The second kappa shape index (κ2) is 11.4. The molecule has 4 rings (SSSR count). The number of aromatic hydroxyl groups is 1. The number of nitrogens with two attached hydrogens (primary N) is 1. The van der Waals surface area contributed by atoms with Crippen LogP contribution in [0, 0.1) is 22.7 Å². The summed E-state index contributed by atoms with van der Waals surface area (Å²) >= 11 is 0. The van der Waals surface area contributed by atoms with Gasteiger partial charge in [0.25, 0.3) is 5.91 Å². The van der Waals surface area contributed by atoms with Crippen molar-refractivity contribution in [3.05, 3.63) is 41.5 Å². The van der Waals surface area contributed by atoms with E-state index in [1.54, 1.807) is 11.9 Å². The maximum absolute atomic E-state index is 13.4. The molecule has 1 heterocycles. The van der Waals surface area contributed by atoms with Crippen LogP contribution in [0.1, 0.15) is 83.8 Å². The van der Waals surface area contributed by atoms with Gasteiger partial charge in [-0.2, -0.15) is 0 Å². The molecular formula is C32H48N4O3. The Morgan fingerprint density at radius 1 is 1.21 bits per heavy atom. The first-order valence-corrected chi connectivity index (χ1v) is 15.0. The molecule has 4 N–H and O–H groups in total. The molecule has 1 aliphatic heterocycles. The van der Waals surface area contributed by atoms with Crippen molar-refractivity contribution in [3.63, 3.8) is 0 Å². The maximum atomic E-state index is 13.4. The SMILES string of the molecule is CCc1ccc(O)cc1C12CCN(CC3CC3)C(C)C1(CC)CCC2C(CC)N(C)C(=O)C(=N)/C=C\C(N)=O. The molecule has 1 saturated heterocycles. The Bertz CT molecular complexity index is 1130. The summed E-state index contributed by atoms with van der Waals surface area (Å²) in [7, 11) is 1.80. The maximum Gasteiger partial charge on any atom is 0.271 e. The number of carbonyl (C=O) groups excluding carboxylic acids is 2. The zero-order valence-corrected chi connectivity index (χ0v) is 24.5. The van der Waals surface area contributed by atoms with Crippen LogP contribution in [0.25, 0.3) is 0 Å². The van der Waals surface area contributed by atoms with E-state index in [-0.39, 0.29) is 28.5 Å². The molecule has 39 heavy (non-hydrogen) atoms. The number of nitrogens with one attached hydrogen (secondary N) is 1. The minimum atomic E-state index is -0.673. The summed E-state index contributed by atoms with van der Waals surface area (Å²) in [6.07, 6.45) is 10.7. The summed E-state index contributed by atoms with van der Waals surface area (Å²) in [5.41, 5.74) is 7.33. The van der Waals surface area contributed by atoms with Crippen LogP contribution >= 0.6 is 0 Å². The number of hydrogen-bond acceptors (Lipinski definition) is 5. The number of rotatable bonds is 11. The van der Waals surface area contributed by atoms with Crippen LogP contribution in [-0.4, -0.2) is 64.7 Å². The molecule has 2 aliphatic carbocycles. The summed E-state index contributed by atoms with van der Waals surface area (Å²) < 4.78 is 0. The van der Waals surface area contributed by atoms with Gasteiger partial charge in [-0.05, 0) is 111 Å². The van der Waals surface area contributed by atoms with Gasteiger partial charge in [0.1, 0.15) is 11.5 Å². The number of phenolic OH excluding ortho intramolecular Hbond substituents is 1. The molecule has 0 spiro atoms. The lowest BCUT2D eigenvalue weighted by atomic mass is 9.50. The van der Waals surface area contributed by atoms with E-state index in [4.69, 9.17) is 11.1 Å². The molecule has 214 valence electrons. The zero-order chi connectivity index (χ0) is 28.5. The van der Waals surface area contributed by atoms with E-state index < -0.39 is 11.8 Å². The molecule has 2 amide bonds. The number of phenols is 1. The minimum Gasteiger partial charge on any atom is -0.508 e. The molecule has 7 nitrogen and oxygen atoms in total. The van der Waals surface area contributed by atoms with Crippen LogP contribution in [-0.2, 0) is 21.4 Å². The first-order chi connectivity index (χ1) is 18.6. The number of piperidine rings is 1. The summed E-state index contributed by atoms with van der Waals surface area (Å²) in [6, 6.07) is 6.24. The molecule has 7 heteroatoms. The quantitative estimate of drug-likeness (QED) is 0.279. The van der Waals surface area contributed by atoms with Gasteiger partial charge in [-0.1, -0.05) is 26.8 Å². The largest absolute Gasteiger partial charge is 0.508 e. The van der Waals surface area contributed by atoms with Gasteiger partial charge in [0, 0.05) is 37.2 Å². The second-order valence-electron chi connectivity index (χ2n) is 12.2. The van der Waals surface area contributed by atoms with E-state index in [0.717, 1.165) is 57.1 Å². The molecule has 0 aromatic heterocycles. The second-order valence-corrected chi connectivity index (χ2v) is 12.2. The fourth-order valence-corrected chi connectivity index (χ4v) is 8.62. The Morgan fingerprint density at radius 2 is 1.92 bits per heavy atom. The van der Waals surface area contributed by atoms with Crippen molar-refractivity contribution in [1.29, 1.82) is 5.41 Å². The zero-order valence-electron chi connectivity index (χ0n) is 24.5. The molecule has 1 aromatic rings. The van der Waals surface area contributed by atoms with Crippen molar-refractivity contribution in [2.45, 2.75) is 96.6 Å². The van der Waals surface area contributed by atoms with E-state index in [9.17, 15) is 14.7 Å². The highest BCUT2D eigenvalue weighted by molar-refractivity contribution is 6.42. The van der Waals surface area contributed by atoms with Gasteiger partial charge in [0.15, 0.2) is 0 Å². The number of amides is 2. The van der Waals surface area contributed by atoms with Crippen LogP contribution in [0.5, 0.6) is 5.75 Å². The molecule has 0 radical (unpaired) electrons. The third kappa shape index (κ3) is 5.03. The number of likely N-dealkylation sites (tertiary alicyclic amines) is 1. The molecule has 5 unspecified atom stereocenters. The smallest absolute Gasteiger partial charge is 0.271 e. The first kappa shape index (κ1) is 29.3. The molecular weight excluding hydrogens is 488 g/mol. The van der Waals surface area contributed by atoms with Crippen molar-refractivity contribution in [2.24, 2.45) is 23.0 Å². The van der Waals surface area contributed by atoms with E-state index in [1.165, 1.54) is 36.6 Å². The molecule has 1 aromatic carbocycles. The monoisotopic (exact) mass is 536 g/mol. The summed E-state index contributed by atoms with van der Waals surface area (Å²) in [5.74, 6) is 0.240. The van der Waals surface area contributed by atoms with Crippen molar-refractivity contribution in [3.8, 4) is 5.75 Å². The Morgan fingerprint density at radius 3 is 2.51 bits per heavy atom. The van der Waals surface area contributed by atoms with Gasteiger partial charge < -0.3 is 15.7 Å². The van der Waals surface area contributed by atoms with Gasteiger partial charge in [-0.3, -0.25) is 19.9 Å². The summed E-state index contributed by atoms with van der Waals surface area (Å²) in [4.78, 5) is 29.1. The van der Waals surface area contributed by atoms with Crippen molar-refractivity contribution in [1.82, 2.24) is 9.80 Å². The fraction of sp³-hybridized carbons (Fsp3) is 0.656. The van der Waals surface area contributed by atoms with Gasteiger partial charge in [0.2, 0.25) is 5.91 Å². The Balaban J connectivity index is 1.83. The molecule has 2 saturated carbocycles. The van der Waals surface area contributed by atoms with Gasteiger partial charge in [0.05, 0.1) is 0 Å². The molecule has 0 bridgehead atoms. The number of nitrogens with zero attached hydrogens (tertiary/aromatic N) is 2. The lowest BCUT2D eigenvalue weighted by Gasteiger charge is -2.61. The van der Waals surface area contributed by atoms with Crippen molar-refractivity contribution in [2.75, 3.05) is 20.1 Å². The van der Waals surface area contributed by atoms with E-state index in [2.05, 4.69) is 38.7 Å². The van der Waals surface area contributed by atoms with Gasteiger partial charge >= 0.3 is 0 Å². The number of benzene rings is 1. The molecule has 3 aliphatic rings. The minimum absolute atomic E-state index is 0.0131. The Kier molecular flexibility index (Phi) is 8.60. The summed E-state index contributed by atoms with van der Waals surface area (Å²) in [6.45, 7) is 11.3. The number of hydrogen-bond donors (Lipinski definition) is 3. The topological polar surface area (TPSA) is 111 Å². The normalized spacial score (nSPS) is 29.8. The van der Waals surface area contributed by atoms with Crippen LogP contribution < -0.4 is 5.73 Å². The Labute approximate surface area is 234 Å². The van der Waals surface area contributed by atoms with Crippen molar-refractivity contribution < 1.29 is 14.7 Å². The van der Waals surface area contributed by atoms with Gasteiger partial charge in [-0.25, -0.2) is 0 Å². The number of carbonyl (C=O) groups is 2. The average Bonchev–Trinajstić information content (AvgIpc) is 3.68. The standard InChI is InChI=1S/C32H48N4O3/c1-6-23-11-12-24(37)19-26(23)32-17-18-36(20-22-9-10-22)21(4)31(32,8-3)16-15-25(32)28(7-2)35(5)30(39)27(33)13-14-29(34)38/h11-14,19,21-22,25,28,33,37H,6-10,15-18,20H2,1-5H3,(H2,34,38)/b14-13-,33-27?. The predicted octanol–water partition coefficient (Wildman–Crippen LogP) is 4.80. The predicted molar refractivity (Wildman–Crippen MR) is 156 cm³/mol. The molecule has 5 atom stereocenters. The van der Waals surface area contributed by atoms with Crippen LogP contribution in [0.2, 0.25) is 0 Å². The Hall–Kier alpha value is -2.67. The lowest BCUT2D eigenvalue weighted by molar-refractivity contribution is -0.127. The van der Waals surface area contributed by atoms with Gasteiger partial charge in [-0.15, -0.1) is 0 Å². The van der Waals surface area contributed by atoms with Crippen LogP contribution in [0.15, 0.2) is 30.4 Å². The average molecular weight is 537 g/mol. The third-order valence-corrected chi connectivity index (χ3v) is 10.7.